The van der Waals surface area contributed by atoms with Crippen LogP contribution in [0.15, 0.2) is 6.07 Å². The summed E-state index contributed by atoms with van der Waals surface area (Å²) in [5.41, 5.74) is 0.741. The molecule has 78 valence electrons. The molecule has 0 aromatic heterocycles. The summed E-state index contributed by atoms with van der Waals surface area (Å²) in [4.78, 5) is 0. The van der Waals surface area contributed by atoms with Gasteiger partial charge in [0, 0.05) is 22.7 Å². The second-order valence-corrected chi connectivity index (χ2v) is 5.08. The molecule has 2 N–H and O–H groups in total. The Labute approximate surface area is 110 Å². The van der Waals surface area contributed by atoms with Crippen molar-refractivity contribution in [3.05, 3.63) is 18.8 Å². The summed E-state index contributed by atoms with van der Waals surface area (Å²) in [5, 5.41) is 19.2. The minimum Gasteiger partial charge on any atom is -0.504 e. The van der Waals surface area contributed by atoms with Gasteiger partial charge in [0.05, 0.1) is 10.2 Å². The van der Waals surface area contributed by atoms with E-state index in [1.165, 1.54) is 0 Å². The molecule has 0 atom stereocenters. The highest BCUT2D eigenvalue weighted by Crippen LogP contribution is 2.36. The third-order valence-electron chi connectivity index (χ3n) is 1.83. The lowest BCUT2D eigenvalue weighted by molar-refractivity contribution is 0.201. The molecule has 0 saturated heterocycles. The van der Waals surface area contributed by atoms with E-state index in [-0.39, 0.29) is 11.5 Å². The van der Waals surface area contributed by atoms with Crippen LogP contribution in [-0.2, 0) is 11.2 Å². The molecule has 0 fully saturated rings. The number of rotatable bonds is 3. The van der Waals surface area contributed by atoms with E-state index in [1.54, 1.807) is 7.11 Å². The lowest BCUT2D eigenvalue weighted by atomic mass is 10.1. The van der Waals surface area contributed by atoms with E-state index in [0.29, 0.717) is 16.6 Å². The summed E-state index contributed by atoms with van der Waals surface area (Å²) in [6.07, 6.45) is 0.602. The van der Waals surface area contributed by atoms with E-state index in [2.05, 4.69) is 22.6 Å². The number of phenolic OH excluding ortho intramolecular Hbond substituents is 2. The monoisotopic (exact) mass is 420 g/mol. The zero-order valence-electron chi connectivity index (χ0n) is 7.55. The fraction of sp³-hybridized carbons (Fsp3) is 0.333. The average Bonchev–Trinajstić information content (AvgIpc) is 2.14. The van der Waals surface area contributed by atoms with Crippen LogP contribution in [0.4, 0.5) is 0 Å². The molecule has 1 rings (SSSR count). The molecule has 0 unspecified atom stereocenters. The number of hydrogen-bond donors (Lipinski definition) is 2. The van der Waals surface area contributed by atoms with Gasteiger partial charge in [-0.05, 0) is 51.2 Å². The zero-order valence-corrected chi connectivity index (χ0v) is 11.9. The first-order valence-corrected chi connectivity index (χ1v) is 6.11. The molecule has 0 saturated carbocycles. The van der Waals surface area contributed by atoms with Gasteiger partial charge in [-0.25, -0.2) is 0 Å². The van der Waals surface area contributed by atoms with E-state index in [1.807, 2.05) is 28.7 Å². The summed E-state index contributed by atoms with van der Waals surface area (Å²) in [5.74, 6) is -0.0736. The third-order valence-corrected chi connectivity index (χ3v) is 3.62. The van der Waals surface area contributed by atoms with Crippen LogP contribution in [-0.4, -0.2) is 23.9 Å². The largest absolute Gasteiger partial charge is 0.504 e. The van der Waals surface area contributed by atoms with E-state index in [0.717, 1.165) is 9.13 Å². The SMILES string of the molecule is COCCc1c(I)cc(I)c(O)c1O. The predicted octanol–water partition coefficient (Wildman–Crippen LogP) is 2.50. The van der Waals surface area contributed by atoms with Crippen molar-refractivity contribution < 1.29 is 14.9 Å². The fourth-order valence-electron chi connectivity index (χ4n) is 1.08. The molecule has 14 heavy (non-hydrogen) atoms. The van der Waals surface area contributed by atoms with Crippen LogP contribution in [0.25, 0.3) is 0 Å². The maximum Gasteiger partial charge on any atom is 0.171 e. The smallest absolute Gasteiger partial charge is 0.171 e. The fourth-order valence-corrected chi connectivity index (χ4v) is 3.08. The molecule has 0 aliphatic rings. The first-order chi connectivity index (χ1) is 6.57. The van der Waals surface area contributed by atoms with Gasteiger partial charge in [0.1, 0.15) is 0 Å². The van der Waals surface area contributed by atoms with E-state index < -0.39 is 0 Å². The molecule has 0 spiro atoms. The minimum atomic E-state index is -0.0443. The Morgan fingerprint density at radius 2 is 1.86 bits per heavy atom. The normalized spacial score (nSPS) is 10.5. The van der Waals surface area contributed by atoms with Crippen molar-refractivity contribution in [1.82, 2.24) is 0 Å². The summed E-state index contributed by atoms with van der Waals surface area (Å²) in [6.45, 7) is 0.531. The summed E-state index contributed by atoms with van der Waals surface area (Å²) >= 11 is 4.12. The predicted molar refractivity (Wildman–Crippen MR) is 70.8 cm³/mol. The van der Waals surface area contributed by atoms with Gasteiger partial charge in [0.2, 0.25) is 0 Å². The standard InChI is InChI=1S/C9H10I2O3/c1-14-3-2-5-6(10)4-7(11)9(13)8(5)12/h4,12-13H,2-3H2,1H3. The Balaban J connectivity index is 3.09. The van der Waals surface area contributed by atoms with Crippen LogP contribution in [0.5, 0.6) is 11.5 Å². The molecule has 5 heteroatoms. The number of phenols is 2. The van der Waals surface area contributed by atoms with Gasteiger partial charge in [-0.1, -0.05) is 0 Å². The lowest BCUT2D eigenvalue weighted by Crippen LogP contribution is -1.98. The van der Waals surface area contributed by atoms with Gasteiger partial charge in [-0.15, -0.1) is 0 Å². The van der Waals surface area contributed by atoms with Crippen LogP contribution < -0.4 is 0 Å². The van der Waals surface area contributed by atoms with Crippen LogP contribution in [0.2, 0.25) is 0 Å². The minimum absolute atomic E-state index is 0.0293. The van der Waals surface area contributed by atoms with Gasteiger partial charge < -0.3 is 14.9 Å². The molecule has 0 bridgehead atoms. The summed E-state index contributed by atoms with van der Waals surface area (Å²) in [7, 11) is 1.61. The average molecular weight is 420 g/mol. The Hall–Kier alpha value is 0.240. The van der Waals surface area contributed by atoms with Crippen LogP contribution in [0, 0.1) is 7.14 Å². The van der Waals surface area contributed by atoms with Crippen molar-refractivity contribution in [3.63, 3.8) is 0 Å². The van der Waals surface area contributed by atoms with Crippen LogP contribution in [0.1, 0.15) is 5.56 Å². The molecule has 0 aliphatic carbocycles. The van der Waals surface area contributed by atoms with Gasteiger partial charge in [-0.3, -0.25) is 0 Å². The molecule has 0 amide bonds. The second-order valence-electron chi connectivity index (χ2n) is 2.76. The highest BCUT2D eigenvalue weighted by atomic mass is 127. The number of halogens is 2. The highest BCUT2D eigenvalue weighted by Gasteiger charge is 2.13. The highest BCUT2D eigenvalue weighted by molar-refractivity contribution is 14.1. The molecule has 1 aromatic carbocycles. The van der Waals surface area contributed by atoms with Crippen molar-refractivity contribution in [3.8, 4) is 11.5 Å². The molecule has 3 nitrogen and oxygen atoms in total. The van der Waals surface area contributed by atoms with E-state index >= 15 is 0 Å². The number of benzene rings is 1. The number of aromatic hydroxyl groups is 2. The molecular formula is C9H10I2O3. The van der Waals surface area contributed by atoms with Crippen molar-refractivity contribution >= 4 is 45.2 Å². The number of methoxy groups -OCH3 is 1. The van der Waals surface area contributed by atoms with Gasteiger partial charge in [0.25, 0.3) is 0 Å². The second kappa shape index (κ2) is 5.36. The molecule has 1 aromatic rings. The van der Waals surface area contributed by atoms with E-state index in [4.69, 9.17) is 4.74 Å². The van der Waals surface area contributed by atoms with Crippen molar-refractivity contribution in [2.75, 3.05) is 13.7 Å². The first-order valence-electron chi connectivity index (χ1n) is 3.95. The lowest BCUT2D eigenvalue weighted by Gasteiger charge is -2.09. The molecule has 0 heterocycles. The Kier molecular flexibility index (Phi) is 4.71. The van der Waals surface area contributed by atoms with Gasteiger partial charge in [-0.2, -0.15) is 0 Å². The summed E-state index contributed by atoms with van der Waals surface area (Å²) in [6, 6.07) is 1.83. The Morgan fingerprint density at radius 3 is 2.43 bits per heavy atom. The maximum atomic E-state index is 9.67. The number of ether oxygens (including phenoxy) is 1. The Morgan fingerprint density at radius 1 is 1.21 bits per heavy atom. The topological polar surface area (TPSA) is 49.7 Å². The molecule has 0 aliphatic heterocycles. The quantitative estimate of drug-likeness (QED) is 0.584. The van der Waals surface area contributed by atoms with Crippen LogP contribution >= 0.6 is 45.2 Å². The zero-order chi connectivity index (χ0) is 10.7. The summed E-state index contributed by atoms with van der Waals surface area (Å²) < 4.78 is 6.53. The van der Waals surface area contributed by atoms with Crippen molar-refractivity contribution in [2.24, 2.45) is 0 Å². The van der Waals surface area contributed by atoms with Gasteiger partial charge >= 0.3 is 0 Å². The Bertz CT molecular complexity index is 339. The van der Waals surface area contributed by atoms with Crippen LogP contribution in [0.3, 0.4) is 0 Å². The maximum absolute atomic E-state index is 9.67. The molecule has 0 radical (unpaired) electrons. The van der Waals surface area contributed by atoms with Crippen molar-refractivity contribution in [1.29, 1.82) is 0 Å². The van der Waals surface area contributed by atoms with Gasteiger partial charge in [0.15, 0.2) is 11.5 Å². The van der Waals surface area contributed by atoms with Crippen molar-refractivity contribution in [2.45, 2.75) is 6.42 Å². The molecular weight excluding hydrogens is 410 g/mol. The first kappa shape index (κ1) is 12.3. The van der Waals surface area contributed by atoms with E-state index in [9.17, 15) is 10.2 Å². The number of hydrogen-bond acceptors (Lipinski definition) is 3. The third kappa shape index (κ3) is 2.63.